The van der Waals surface area contributed by atoms with Gasteiger partial charge in [0.05, 0.1) is 19.8 Å². The van der Waals surface area contributed by atoms with Gasteiger partial charge in [-0.3, -0.25) is 9.59 Å². The fourth-order valence-electron chi connectivity index (χ4n) is 2.89. The maximum atomic E-state index is 12.2. The lowest BCUT2D eigenvalue weighted by Crippen LogP contribution is -2.07. The first-order valence-corrected chi connectivity index (χ1v) is 9.72. The third kappa shape index (κ3) is 5.66. The molecular formula is C25H23NO6. The van der Waals surface area contributed by atoms with Crippen LogP contribution in [0.25, 0.3) is 6.08 Å². The minimum Gasteiger partial charge on any atom is -0.504 e. The number of phenolic OH excluding ortho intramolecular Hbond substituents is 1. The largest absolute Gasteiger partial charge is 0.504 e. The topological polar surface area (TPSA) is 94.1 Å². The van der Waals surface area contributed by atoms with Crippen LogP contribution in [0.5, 0.6) is 28.7 Å². The van der Waals surface area contributed by atoms with E-state index in [-0.39, 0.29) is 17.4 Å². The molecule has 0 unspecified atom stereocenters. The van der Waals surface area contributed by atoms with Gasteiger partial charge in [-0.05, 0) is 67.1 Å². The van der Waals surface area contributed by atoms with Gasteiger partial charge in [-0.2, -0.15) is 0 Å². The summed E-state index contributed by atoms with van der Waals surface area (Å²) in [4.78, 5) is 24.1. The van der Waals surface area contributed by atoms with Gasteiger partial charge in [0.15, 0.2) is 17.3 Å². The van der Waals surface area contributed by atoms with Gasteiger partial charge in [0.1, 0.15) is 17.2 Å². The summed E-state index contributed by atoms with van der Waals surface area (Å²) < 4.78 is 16.1. The molecule has 1 amide bonds. The molecule has 164 valence electrons. The Hall–Kier alpha value is -4.26. The highest BCUT2D eigenvalue weighted by Crippen LogP contribution is 2.30. The Bertz CT molecular complexity index is 1150. The van der Waals surface area contributed by atoms with Crippen LogP contribution in [0.4, 0.5) is 5.69 Å². The summed E-state index contributed by atoms with van der Waals surface area (Å²) >= 11 is 0. The van der Waals surface area contributed by atoms with E-state index in [2.05, 4.69) is 5.32 Å². The molecule has 0 bridgehead atoms. The number of methoxy groups -OCH3 is 2. The van der Waals surface area contributed by atoms with E-state index in [0.717, 1.165) is 0 Å². The van der Waals surface area contributed by atoms with Crippen molar-refractivity contribution in [3.05, 3.63) is 77.9 Å². The Morgan fingerprint density at radius 2 is 1.59 bits per heavy atom. The summed E-state index contributed by atoms with van der Waals surface area (Å²) in [6.45, 7) is 1.47. The van der Waals surface area contributed by atoms with Crippen molar-refractivity contribution in [3.8, 4) is 28.7 Å². The predicted octanol–water partition coefficient (Wildman–Crippen LogP) is 5.06. The van der Waals surface area contributed by atoms with Crippen LogP contribution in [-0.4, -0.2) is 31.0 Å². The number of hydrogen-bond acceptors (Lipinski definition) is 6. The lowest BCUT2D eigenvalue weighted by atomic mass is 10.1. The Kier molecular flexibility index (Phi) is 7.13. The molecule has 3 rings (SSSR count). The number of anilines is 1. The summed E-state index contributed by atoms with van der Waals surface area (Å²) in [5.74, 6) is 1.38. The Morgan fingerprint density at radius 3 is 2.25 bits per heavy atom. The lowest BCUT2D eigenvalue weighted by molar-refractivity contribution is -0.111. The molecule has 0 atom stereocenters. The van der Waals surface area contributed by atoms with Crippen molar-refractivity contribution < 1.29 is 28.9 Å². The number of ketones is 1. The van der Waals surface area contributed by atoms with Gasteiger partial charge < -0.3 is 24.6 Å². The fraction of sp³-hybridized carbons (Fsp3) is 0.120. The van der Waals surface area contributed by atoms with Crippen LogP contribution in [0.2, 0.25) is 0 Å². The molecule has 0 spiro atoms. The zero-order chi connectivity index (χ0) is 23.1. The number of carbonyl (C=O) groups excluding carboxylic acids is 2. The number of Topliss-reactive ketones (excluding diaryl/α,β-unsaturated/α-hetero) is 1. The number of ether oxygens (including phenoxy) is 3. The number of carbonyl (C=O) groups is 2. The van der Waals surface area contributed by atoms with Crippen LogP contribution in [0.1, 0.15) is 22.8 Å². The highest BCUT2D eigenvalue weighted by molar-refractivity contribution is 6.02. The second-order valence-corrected chi connectivity index (χ2v) is 6.80. The first kappa shape index (κ1) is 22.4. The van der Waals surface area contributed by atoms with Gasteiger partial charge in [0.2, 0.25) is 5.91 Å². The van der Waals surface area contributed by atoms with Crippen LogP contribution in [0.3, 0.4) is 0 Å². The van der Waals surface area contributed by atoms with Crippen molar-refractivity contribution in [2.24, 2.45) is 0 Å². The maximum absolute atomic E-state index is 12.2. The van der Waals surface area contributed by atoms with E-state index < -0.39 is 0 Å². The van der Waals surface area contributed by atoms with E-state index in [1.807, 2.05) is 0 Å². The molecule has 0 aliphatic rings. The van der Waals surface area contributed by atoms with Crippen molar-refractivity contribution in [1.82, 2.24) is 0 Å². The predicted molar refractivity (Wildman–Crippen MR) is 122 cm³/mol. The Balaban J connectivity index is 1.66. The van der Waals surface area contributed by atoms with E-state index in [4.69, 9.17) is 14.2 Å². The standard InChI is InChI=1S/C25H23NO6/c1-16(27)21-11-10-20(30-2)15-23(21)32-19-8-6-18(7-9-19)26-25(29)13-5-17-4-12-22(28)24(14-17)31-3/h4-15,28H,1-3H3,(H,26,29)/b13-5+. The SMILES string of the molecule is COc1ccc(C(C)=O)c(Oc2ccc(NC(=O)/C=C/c3ccc(O)c(OC)c3)cc2)c1. The summed E-state index contributed by atoms with van der Waals surface area (Å²) in [5, 5.41) is 12.4. The van der Waals surface area contributed by atoms with Crippen LogP contribution >= 0.6 is 0 Å². The van der Waals surface area contributed by atoms with E-state index in [1.165, 1.54) is 33.3 Å². The number of amides is 1. The minimum absolute atomic E-state index is 0.0285. The molecule has 0 radical (unpaired) electrons. The summed E-state index contributed by atoms with van der Waals surface area (Å²) in [6.07, 6.45) is 2.99. The summed E-state index contributed by atoms with van der Waals surface area (Å²) in [6, 6.07) is 16.5. The van der Waals surface area contributed by atoms with E-state index >= 15 is 0 Å². The second kappa shape index (κ2) is 10.2. The van der Waals surface area contributed by atoms with Gasteiger partial charge >= 0.3 is 0 Å². The number of rotatable bonds is 8. The number of benzene rings is 3. The van der Waals surface area contributed by atoms with Crippen LogP contribution in [0, 0.1) is 0 Å². The van der Waals surface area contributed by atoms with Crippen molar-refractivity contribution in [3.63, 3.8) is 0 Å². The highest BCUT2D eigenvalue weighted by atomic mass is 16.5. The second-order valence-electron chi connectivity index (χ2n) is 6.80. The number of phenols is 1. The van der Waals surface area contributed by atoms with E-state index in [9.17, 15) is 14.7 Å². The lowest BCUT2D eigenvalue weighted by Gasteiger charge is -2.11. The normalized spacial score (nSPS) is 10.6. The molecule has 3 aromatic carbocycles. The molecule has 7 nitrogen and oxygen atoms in total. The van der Waals surface area contributed by atoms with Crippen LogP contribution in [0.15, 0.2) is 66.7 Å². The monoisotopic (exact) mass is 433 g/mol. The van der Waals surface area contributed by atoms with Gasteiger partial charge in [0, 0.05) is 17.8 Å². The van der Waals surface area contributed by atoms with E-state index in [1.54, 1.807) is 60.7 Å². The van der Waals surface area contributed by atoms with Crippen molar-refractivity contribution in [2.75, 3.05) is 19.5 Å². The average molecular weight is 433 g/mol. The van der Waals surface area contributed by atoms with Crippen LogP contribution in [-0.2, 0) is 4.79 Å². The molecular weight excluding hydrogens is 410 g/mol. The minimum atomic E-state index is -0.322. The van der Waals surface area contributed by atoms with Crippen molar-refractivity contribution in [2.45, 2.75) is 6.92 Å². The molecule has 0 aromatic heterocycles. The average Bonchev–Trinajstić information content (AvgIpc) is 2.79. The number of aromatic hydroxyl groups is 1. The molecule has 0 fully saturated rings. The molecule has 0 saturated carbocycles. The molecule has 2 N–H and O–H groups in total. The maximum Gasteiger partial charge on any atom is 0.248 e. The van der Waals surface area contributed by atoms with Gasteiger partial charge in [-0.1, -0.05) is 6.07 Å². The molecule has 7 heteroatoms. The molecule has 0 aliphatic heterocycles. The molecule has 0 heterocycles. The molecule has 0 saturated heterocycles. The quantitative estimate of drug-likeness (QED) is 0.381. The third-order valence-corrected chi connectivity index (χ3v) is 4.55. The Labute approximate surface area is 185 Å². The van der Waals surface area contributed by atoms with E-state index in [0.29, 0.717) is 39.8 Å². The first-order chi connectivity index (χ1) is 15.4. The van der Waals surface area contributed by atoms with Gasteiger partial charge in [0.25, 0.3) is 0 Å². The third-order valence-electron chi connectivity index (χ3n) is 4.55. The number of hydrogen-bond donors (Lipinski definition) is 2. The zero-order valence-corrected chi connectivity index (χ0v) is 17.9. The molecule has 0 aliphatic carbocycles. The summed E-state index contributed by atoms with van der Waals surface area (Å²) in [7, 11) is 2.99. The zero-order valence-electron chi connectivity index (χ0n) is 17.9. The van der Waals surface area contributed by atoms with Crippen molar-refractivity contribution in [1.29, 1.82) is 0 Å². The molecule has 32 heavy (non-hydrogen) atoms. The Morgan fingerprint density at radius 1 is 0.875 bits per heavy atom. The summed E-state index contributed by atoms with van der Waals surface area (Å²) in [5.41, 5.74) is 1.73. The van der Waals surface area contributed by atoms with Crippen LogP contribution < -0.4 is 19.5 Å². The highest BCUT2D eigenvalue weighted by Gasteiger charge is 2.11. The van der Waals surface area contributed by atoms with Gasteiger partial charge in [-0.25, -0.2) is 0 Å². The fourth-order valence-corrected chi connectivity index (χ4v) is 2.89. The number of nitrogens with one attached hydrogen (secondary N) is 1. The van der Waals surface area contributed by atoms with Gasteiger partial charge in [-0.15, -0.1) is 0 Å². The van der Waals surface area contributed by atoms with Crippen molar-refractivity contribution >= 4 is 23.5 Å². The first-order valence-electron chi connectivity index (χ1n) is 9.72. The molecule has 3 aromatic rings. The smallest absolute Gasteiger partial charge is 0.248 e.